The van der Waals surface area contributed by atoms with E-state index in [0.717, 1.165) is 16.2 Å². The highest BCUT2D eigenvalue weighted by molar-refractivity contribution is 7.11. The molecule has 20 heavy (non-hydrogen) atoms. The van der Waals surface area contributed by atoms with Gasteiger partial charge in [0, 0.05) is 5.38 Å². The molecule has 1 aliphatic rings. The van der Waals surface area contributed by atoms with Gasteiger partial charge in [-0.05, 0) is 13.3 Å². The van der Waals surface area contributed by atoms with Gasteiger partial charge in [-0.2, -0.15) is 0 Å². The number of carbonyl (C=O) groups excluding carboxylic acids is 3. The molecule has 108 valence electrons. The zero-order valence-electron chi connectivity index (χ0n) is 11.1. The van der Waals surface area contributed by atoms with Crippen molar-refractivity contribution >= 4 is 29.2 Å². The van der Waals surface area contributed by atoms with Crippen LogP contribution in [0.5, 0.6) is 0 Å². The van der Waals surface area contributed by atoms with Gasteiger partial charge in [-0.15, -0.1) is 11.3 Å². The second-order valence-corrected chi connectivity index (χ2v) is 5.48. The molecule has 0 saturated carbocycles. The summed E-state index contributed by atoms with van der Waals surface area (Å²) in [5.41, 5.74) is 1.58. The van der Waals surface area contributed by atoms with E-state index >= 15 is 0 Å². The van der Waals surface area contributed by atoms with Gasteiger partial charge in [0.2, 0.25) is 0 Å². The molecule has 0 spiro atoms. The zero-order chi connectivity index (χ0) is 14.9. The maximum atomic E-state index is 12.2. The van der Waals surface area contributed by atoms with Crippen molar-refractivity contribution in [3.05, 3.63) is 16.1 Å². The number of thiazole rings is 1. The number of nitrogens with two attached hydrogens (primary N) is 1. The highest BCUT2D eigenvalue weighted by atomic mass is 32.1. The number of rotatable bonds is 4. The van der Waals surface area contributed by atoms with Gasteiger partial charge < -0.3 is 5.32 Å². The van der Waals surface area contributed by atoms with Gasteiger partial charge in [0.1, 0.15) is 5.54 Å². The molecule has 0 bridgehead atoms. The number of nitrogens with one attached hydrogen (secondary N) is 2. The molecule has 1 fully saturated rings. The molecular weight excluding hydrogens is 282 g/mol. The third-order valence-electron chi connectivity index (χ3n) is 3.25. The van der Waals surface area contributed by atoms with Gasteiger partial charge in [-0.1, -0.05) is 6.92 Å². The Bertz CT molecular complexity index is 572. The fourth-order valence-electron chi connectivity index (χ4n) is 1.84. The Morgan fingerprint density at radius 3 is 2.85 bits per heavy atom. The lowest BCUT2D eigenvalue weighted by Gasteiger charge is -2.18. The van der Waals surface area contributed by atoms with E-state index in [-0.39, 0.29) is 17.5 Å². The molecule has 1 unspecified atom stereocenters. The minimum atomic E-state index is -0.870. The highest BCUT2D eigenvalue weighted by Gasteiger charge is 2.46. The average Bonchev–Trinajstić information content (AvgIpc) is 2.98. The fraction of sp³-hybridized carbons (Fsp3) is 0.455. The summed E-state index contributed by atoms with van der Waals surface area (Å²) in [5, 5.41) is 4.46. The molecule has 1 aliphatic heterocycles. The molecule has 9 heteroatoms. The molecule has 0 aromatic carbocycles. The van der Waals surface area contributed by atoms with Crippen LogP contribution in [0.4, 0.5) is 4.79 Å². The van der Waals surface area contributed by atoms with Gasteiger partial charge in [0.05, 0.1) is 12.2 Å². The molecule has 1 aromatic heterocycles. The number of aromatic nitrogens is 1. The summed E-state index contributed by atoms with van der Waals surface area (Å²) in [6, 6.07) is -0.447. The van der Waals surface area contributed by atoms with E-state index < -0.39 is 17.5 Å². The lowest BCUT2D eigenvalue weighted by molar-refractivity contribution is -0.131. The zero-order valence-corrected chi connectivity index (χ0v) is 11.9. The van der Waals surface area contributed by atoms with Crippen molar-refractivity contribution in [2.24, 2.45) is 5.84 Å². The molecule has 1 saturated heterocycles. The predicted octanol–water partition coefficient (Wildman–Crippen LogP) is -0.0329. The normalized spacial score (nSPS) is 22.1. The first-order valence-corrected chi connectivity index (χ1v) is 6.88. The highest BCUT2D eigenvalue weighted by Crippen LogP contribution is 2.23. The topological polar surface area (TPSA) is 117 Å². The van der Waals surface area contributed by atoms with Crippen molar-refractivity contribution < 1.29 is 14.4 Å². The van der Waals surface area contributed by atoms with Gasteiger partial charge in [0.15, 0.2) is 5.01 Å². The Morgan fingerprint density at radius 2 is 2.30 bits per heavy atom. The maximum Gasteiger partial charge on any atom is 0.325 e. The third kappa shape index (κ3) is 2.37. The Morgan fingerprint density at radius 1 is 1.60 bits per heavy atom. The smallest absolute Gasteiger partial charge is 0.323 e. The summed E-state index contributed by atoms with van der Waals surface area (Å²) in [4.78, 5) is 40.5. The number of nitrogens with zero attached hydrogens (tertiary/aromatic N) is 2. The van der Waals surface area contributed by atoms with E-state index in [1.165, 1.54) is 0 Å². The van der Waals surface area contributed by atoms with E-state index in [0.29, 0.717) is 12.1 Å². The van der Waals surface area contributed by atoms with Crippen LogP contribution < -0.4 is 16.6 Å². The van der Waals surface area contributed by atoms with E-state index in [9.17, 15) is 14.4 Å². The minimum absolute atomic E-state index is 0.0363. The van der Waals surface area contributed by atoms with Crippen LogP contribution in [0.25, 0.3) is 0 Å². The van der Waals surface area contributed by atoms with Crippen LogP contribution in [0.1, 0.15) is 35.8 Å². The molecule has 1 aromatic rings. The quantitative estimate of drug-likeness (QED) is 0.312. The van der Waals surface area contributed by atoms with Crippen LogP contribution >= 0.6 is 11.3 Å². The fourth-order valence-corrected chi connectivity index (χ4v) is 2.55. The predicted molar refractivity (Wildman–Crippen MR) is 71.5 cm³/mol. The molecule has 4 N–H and O–H groups in total. The Labute approximate surface area is 119 Å². The summed E-state index contributed by atoms with van der Waals surface area (Å²) in [6.45, 7) is 3.55. The number of nitrogen functional groups attached to an aromatic ring is 1. The molecular formula is C11H15N5O3S. The first kappa shape index (κ1) is 14.4. The van der Waals surface area contributed by atoms with Crippen molar-refractivity contribution in [3.63, 3.8) is 0 Å². The van der Waals surface area contributed by atoms with E-state index in [1.54, 1.807) is 12.3 Å². The Hall–Kier alpha value is -2.00. The van der Waals surface area contributed by atoms with Crippen molar-refractivity contribution in [2.75, 3.05) is 0 Å². The molecule has 0 radical (unpaired) electrons. The van der Waals surface area contributed by atoms with Gasteiger partial charge in [0.25, 0.3) is 11.8 Å². The first-order chi connectivity index (χ1) is 9.41. The monoisotopic (exact) mass is 297 g/mol. The number of urea groups is 1. The van der Waals surface area contributed by atoms with Crippen LogP contribution in [0.3, 0.4) is 0 Å². The standard InChI is InChI=1S/C11H15N5O3S/c1-3-11(2)9(18)16(10(19)14-11)4-6-5-20-8(13-6)7(17)15-12/h5H,3-4,12H2,1-2H3,(H,14,19)(H,15,17). The largest absolute Gasteiger partial charge is 0.325 e. The lowest BCUT2D eigenvalue weighted by Crippen LogP contribution is -2.43. The van der Waals surface area contributed by atoms with Crippen LogP contribution in [-0.2, 0) is 11.3 Å². The number of hydrogen-bond donors (Lipinski definition) is 3. The molecule has 0 aliphatic carbocycles. The SMILES string of the molecule is CCC1(C)NC(=O)N(Cc2csc(C(=O)NN)n2)C1=O. The maximum absolute atomic E-state index is 12.2. The molecule has 8 nitrogen and oxygen atoms in total. The molecule has 2 heterocycles. The average molecular weight is 297 g/mol. The van der Waals surface area contributed by atoms with E-state index in [1.807, 2.05) is 12.3 Å². The van der Waals surface area contributed by atoms with Crippen LogP contribution in [0, 0.1) is 0 Å². The Balaban J connectivity index is 2.14. The Kier molecular flexibility index (Phi) is 3.73. The first-order valence-electron chi connectivity index (χ1n) is 6.00. The number of carbonyl (C=O) groups is 3. The number of amides is 4. The second kappa shape index (κ2) is 5.17. The number of hydrazine groups is 1. The van der Waals surface area contributed by atoms with Crippen molar-refractivity contribution in [3.8, 4) is 0 Å². The van der Waals surface area contributed by atoms with E-state index in [2.05, 4.69) is 10.3 Å². The second-order valence-electron chi connectivity index (χ2n) is 4.62. The third-order valence-corrected chi connectivity index (χ3v) is 4.14. The summed E-state index contributed by atoms with van der Waals surface area (Å²) >= 11 is 1.10. The summed E-state index contributed by atoms with van der Waals surface area (Å²) in [5.74, 6) is 4.22. The van der Waals surface area contributed by atoms with Crippen molar-refractivity contribution in [2.45, 2.75) is 32.4 Å². The minimum Gasteiger partial charge on any atom is -0.323 e. The van der Waals surface area contributed by atoms with Crippen molar-refractivity contribution in [1.29, 1.82) is 0 Å². The number of imide groups is 1. The molecule has 2 rings (SSSR count). The van der Waals surface area contributed by atoms with Crippen LogP contribution in [0.2, 0.25) is 0 Å². The van der Waals surface area contributed by atoms with Gasteiger partial charge >= 0.3 is 6.03 Å². The number of hydrogen-bond acceptors (Lipinski definition) is 6. The van der Waals surface area contributed by atoms with Crippen LogP contribution in [0.15, 0.2) is 5.38 Å². The summed E-state index contributed by atoms with van der Waals surface area (Å²) in [7, 11) is 0. The van der Waals surface area contributed by atoms with Gasteiger partial charge in [-0.25, -0.2) is 15.6 Å². The van der Waals surface area contributed by atoms with Gasteiger partial charge in [-0.3, -0.25) is 19.9 Å². The summed E-state index contributed by atoms with van der Waals surface area (Å²) in [6.07, 6.45) is 0.506. The summed E-state index contributed by atoms with van der Waals surface area (Å²) < 4.78 is 0. The van der Waals surface area contributed by atoms with Crippen molar-refractivity contribution in [1.82, 2.24) is 20.6 Å². The van der Waals surface area contributed by atoms with Crippen LogP contribution in [-0.4, -0.2) is 33.3 Å². The lowest BCUT2D eigenvalue weighted by atomic mass is 9.99. The van der Waals surface area contributed by atoms with E-state index in [4.69, 9.17) is 5.84 Å². The molecule has 1 atom stereocenters. The molecule has 4 amide bonds.